The standard InChI is InChI=1S/C28H40N4O5/c1-3-4-12-31(13-5-15-33)26(34)19-32-18-22(20-6-8-24-21(17-20)10-16-37-24)27(28(35)36)23(32)7-9-25-29-11-14-30(25)2/h6,8,11,14,17,22-23,27,33H,3-5,7,9-10,12-13,15-16,18-19H2,1-2H3,(H,35,36)/t22-,23+,27?/m1/s1. The molecule has 3 atom stereocenters. The number of hydrogen-bond donors (Lipinski definition) is 2. The van der Waals surface area contributed by atoms with Gasteiger partial charge in [0, 0.05) is 70.5 Å². The first-order valence-electron chi connectivity index (χ1n) is 13.5. The summed E-state index contributed by atoms with van der Waals surface area (Å²) in [6.07, 6.45) is 8.12. The Bertz CT molecular complexity index is 1060. The highest BCUT2D eigenvalue weighted by atomic mass is 16.5. The first-order valence-corrected chi connectivity index (χ1v) is 13.5. The number of ether oxygens (including phenoxy) is 1. The van der Waals surface area contributed by atoms with Gasteiger partial charge in [0.2, 0.25) is 5.91 Å². The second kappa shape index (κ2) is 12.6. The highest BCUT2D eigenvalue weighted by Gasteiger charge is 2.47. The van der Waals surface area contributed by atoms with Crippen LogP contribution < -0.4 is 4.74 Å². The number of aromatic nitrogens is 2. The predicted molar refractivity (Wildman–Crippen MR) is 140 cm³/mol. The Morgan fingerprint density at radius 1 is 1.24 bits per heavy atom. The maximum Gasteiger partial charge on any atom is 0.308 e. The SMILES string of the molecule is CCCCN(CCCO)C(=O)CN1C[C@H](c2ccc3c(c2)CCO3)C(C(=O)O)[C@@H]1CCc1nccn1C. The summed E-state index contributed by atoms with van der Waals surface area (Å²) in [7, 11) is 1.94. The number of rotatable bonds is 13. The van der Waals surface area contributed by atoms with Crippen LogP contribution in [0.3, 0.4) is 0 Å². The van der Waals surface area contributed by atoms with Crippen LogP contribution >= 0.6 is 0 Å². The van der Waals surface area contributed by atoms with Crippen molar-refractivity contribution in [2.45, 2.75) is 57.4 Å². The van der Waals surface area contributed by atoms with Crippen LogP contribution in [0.15, 0.2) is 30.6 Å². The summed E-state index contributed by atoms with van der Waals surface area (Å²) in [6, 6.07) is 5.74. The molecule has 37 heavy (non-hydrogen) atoms. The maximum atomic E-state index is 13.4. The van der Waals surface area contributed by atoms with Gasteiger partial charge in [-0.15, -0.1) is 0 Å². The van der Waals surface area contributed by atoms with Gasteiger partial charge in [0.1, 0.15) is 11.6 Å². The van der Waals surface area contributed by atoms with E-state index in [4.69, 9.17) is 4.74 Å². The third-order valence-electron chi connectivity index (χ3n) is 7.82. The molecule has 9 nitrogen and oxygen atoms in total. The average molecular weight is 513 g/mol. The Kier molecular flexibility index (Phi) is 9.21. The quantitative estimate of drug-likeness (QED) is 0.424. The first kappa shape index (κ1) is 27.1. The number of carbonyl (C=O) groups is 2. The molecule has 0 radical (unpaired) electrons. The molecule has 0 bridgehead atoms. The number of hydrogen-bond acceptors (Lipinski definition) is 6. The number of aliphatic hydroxyl groups is 1. The van der Waals surface area contributed by atoms with Crippen molar-refractivity contribution in [1.29, 1.82) is 0 Å². The van der Waals surface area contributed by atoms with Crippen LogP contribution in [0.2, 0.25) is 0 Å². The van der Waals surface area contributed by atoms with Crippen molar-refractivity contribution >= 4 is 11.9 Å². The summed E-state index contributed by atoms with van der Waals surface area (Å²) >= 11 is 0. The van der Waals surface area contributed by atoms with Crippen LogP contribution in [-0.2, 0) is 29.5 Å². The molecule has 202 valence electrons. The number of aryl methyl sites for hydroxylation is 2. The fraction of sp³-hybridized carbons (Fsp3) is 0.607. The number of carboxylic acids is 1. The molecule has 4 rings (SSSR count). The second-order valence-corrected chi connectivity index (χ2v) is 10.2. The van der Waals surface area contributed by atoms with Crippen LogP contribution in [0.5, 0.6) is 5.75 Å². The maximum absolute atomic E-state index is 13.4. The fourth-order valence-corrected chi connectivity index (χ4v) is 5.79. The van der Waals surface area contributed by atoms with E-state index in [1.165, 1.54) is 0 Å². The smallest absolute Gasteiger partial charge is 0.308 e. The number of unbranched alkanes of at least 4 members (excludes halogenated alkanes) is 1. The number of aliphatic carboxylic acids is 1. The lowest BCUT2D eigenvalue weighted by Gasteiger charge is -2.29. The normalized spacial score (nSPS) is 21.1. The van der Waals surface area contributed by atoms with Crippen LogP contribution in [0.25, 0.3) is 0 Å². The van der Waals surface area contributed by atoms with Crippen molar-refractivity contribution in [2.24, 2.45) is 13.0 Å². The van der Waals surface area contributed by atoms with E-state index in [9.17, 15) is 19.8 Å². The minimum atomic E-state index is -0.829. The summed E-state index contributed by atoms with van der Waals surface area (Å²) in [4.78, 5) is 34.5. The van der Waals surface area contributed by atoms with Gasteiger partial charge in [-0.25, -0.2) is 4.98 Å². The van der Waals surface area contributed by atoms with Crippen molar-refractivity contribution in [2.75, 3.05) is 39.4 Å². The Labute approximate surface area is 219 Å². The molecule has 3 heterocycles. The van der Waals surface area contributed by atoms with E-state index in [0.717, 1.165) is 42.0 Å². The molecule has 9 heteroatoms. The van der Waals surface area contributed by atoms with E-state index in [2.05, 4.69) is 22.9 Å². The Hall–Kier alpha value is -2.91. The van der Waals surface area contributed by atoms with Gasteiger partial charge >= 0.3 is 5.97 Å². The minimum absolute atomic E-state index is 0.00367. The van der Waals surface area contributed by atoms with Crippen LogP contribution in [-0.4, -0.2) is 86.9 Å². The summed E-state index contributed by atoms with van der Waals surface area (Å²) in [6.45, 7) is 4.63. The van der Waals surface area contributed by atoms with E-state index < -0.39 is 11.9 Å². The molecule has 0 aliphatic carbocycles. The zero-order chi connectivity index (χ0) is 26.4. The zero-order valence-electron chi connectivity index (χ0n) is 22.0. The van der Waals surface area contributed by atoms with Gasteiger partial charge in [0.15, 0.2) is 0 Å². The third-order valence-corrected chi connectivity index (χ3v) is 7.82. The zero-order valence-corrected chi connectivity index (χ0v) is 22.0. The number of benzene rings is 1. The fourth-order valence-electron chi connectivity index (χ4n) is 5.79. The Balaban J connectivity index is 1.59. The largest absolute Gasteiger partial charge is 0.493 e. The lowest BCUT2D eigenvalue weighted by atomic mass is 9.83. The van der Waals surface area contributed by atoms with Gasteiger partial charge in [0.25, 0.3) is 0 Å². The highest BCUT2D eigenvalue weighted by molar-refractivity contribution is 5.79. The Morgan fingerprint density at radius 2 is 2.05 bits per heavy atom. The number of amides is 1. The molecule has 0 saturated carbocycles. The van der Waals surface area contributed by atoms with Crippen molar-refractivity contribution in [3.63, 3.8) is 0 Å². The van der Waals surface area contributed by atoms with Gasteiger partial charge in [-0.3, -0.25) is 14.5 Å². The lowest BCUT2D eigenvalue weighted by molar-refractivity contribution is -0.143. The molecule has 1 fully saturated rings. The lowest BCUT2D eigenvalue weighted by Crippen LogP contribution is -2.45. The molecule has 1 amide bonds. The summed E-state index contributed by atoms with van der Waals surface area (Å²) < 4.78 is 7.62. The number of nitrogens with zero attached hydrogens (tertiary/aromatic N) is 4. The topological polar surface area (TPSA) is 108 Å². The van der Waals surface area contributed by atoms with E-state index in [1.807, 2.05) is 34.8 Å². The highest BCUT2D eigenvalue weighted by Crippen LogP contribution is 2.41. The van der Waals surface area contributed by atoms with E-state index in [0.29, 0.717) is 45.5 Å². The summed E-state index contributed by atoms with van der Waals surface area (Å²) in [5, 5.41) is 19.7. The number of likely N-dealkylation sites (tertiary alicyclic amines) is 1. The van der Waals surface area contributed by atoms with Gasteiger partial charge in [-0.1, -0.05) is 25.5 Å². The van der Waals surface area contributed by atoms with Crippen LogP contribution in [0.1, 0.15) is 55.5 Å². The van der Waals surface area contributed by atoms with Crippen molar-refractivity contribution < 1.29 is 24.5 Å². The molecule has 2 aliphatic rings. The molecular formula is C28H40N4O5. The van der Waals surface area contributed by atoms with Crippen LogP contribution in [0, 0.1) is 5.92 Å². The Morgan fingerprint density at radius 3 is 2.76 bits per heavy atom. The van der Waals surface area contributed by atoms with Gasteiger partial charge in [-0.2, -0.15) is 0 Å². The molecule has 0 spiro atoms. The molecule has 1 aromatic heterocycles. The molecule has 1 aromatic carbocycles. The minimum Gasteiger partial charge on any atom is -0.493 e. The molecule has 1 unspecified atom stereocenters. The van der Waals surface area contributed by atoms with Gasteiger partial charge < -0.3 is 24.4 Å². The summed E-state index contributed by atoms with van der Waals surface area (Å²) in [5.41, 5.74) is 2.12. The molecule has 2 aliphatic heterocycles. The summed E-state index contributed by atoms with van der Waals surface area (Å²) in [5.74, 6) is 0.100. The number of carbonyl (C=O) groups excluding carboxylic acids is 1. The molecule has 2 aromatic rings. The van der Waals surface area contributed by atoms with Crippen molar-refractivity contribution in [3.8, 4) is 5.75 Å². The first-order chi connectivity index (χ1) is 17.9. The number of aliphatic hydroxyl groups excluding tert-OH is 1. The second-order valence-electron chi connectivity index (χ2n) is 10.2. The van der Waals surface area contributed by atoms with Gasteiger partial charge in [0.05, 0.1) is 19.1 Å². The van der Waals surface area contributed by atoms with Crippen molar-refractivity contribution in [3.05, 3.63) is 47.5 Å². The third kappa shape index (κ3) is 6.33. The molecule has 1 saturated heterocycles. The number of carboxylic acid groups (broad SMARTS) is 1. The van der Waals surface area contributed by atoms with E-state index in [1.54, 1.807) is 6.20 Å². The van der Waals surface area contributed by atoms with Crippen molar-refractivity contribution in [1.82, 2.24) is 19.4 Å². The van der Waals surface area contributed by atoms with E-state index >= 15 is 0 Å². The monoisotopic (exact) mass is 512 g/mol. The molecular weight excluding hydrogens is 472 g/mol. The predicted octanol–water partition coefficient (Wildman–Crippen LogP) is 2.47. The van der Waals surface area contributed by atoms with E-state index in [-0.39, 0.29) is 31.0 Å². The number of fused-ring (bicyclic) bond motifs is 1. The molecule has 2 N–H and O–H groups in total. The van der Waals surface area contributed by atoms with Gasteiger partial charge in [-0.05, 0) is 36.5 Å². The number of imidazole rings is 1. The van der Waals surface area contributed by atoms with Crippen LogP contribution in [0.4, 0.5) is 0 Å². The average Bonchev–Trinajstić information content (AvgIpc) is 3.60.